The fourth-order valence-electron chi connectivity index (χ4n) is 2.68. The van der Waals surface area contributed by atoms with Gasteiger partial charge in [-0.1, -0.05) is 0 Å². The van der Waals surface area contributed by atoms with Gasteiger partial charge in [0.05, 0.1) is 6.10 Å². The van der Waals surface area contributed by atoms with Crippen molar-refractivity contribution in [3.63, 3.8) is 0 Å². The van der Waals surface area contributed by atoms with E-state index in [9.17, 15) is 0 Å². The van der Waals surface area contributed by atoms with Crippen molar-refractivity contribution < 1.29 is 4.74 Å². The standard InChI is InChI=1S/C14H23N5O/c1-9(2)20-14-12(15)13(16-8-17-14)18-10-5-6-19(7-10)11-3-4-11/h8-11H,3-7,15H2,1-2H3,(H,16,17,18). The minimum atomic E-state index is 0.0527. The fourth-order valence-corrected chi connectivity index (χ4v) is 2.68. The zero-order valence-corrected chi connectivity index (χ0v) is 12.2. The molecule has 1 aromatic rings. The lowest BCUT2D eigenvalue weighted by Crippen LogP contribution is -2.28. The maximum atomic E-state index is 6.09. The fraction of sp³-hybridized carbons (Fsp3) is 0.714. The van der Waals surface area contributed by atoms with Crippen LogP contribution < -0.4 is 15.8 Å². The SMILES string of the molecule is CC(C)Oc1ncnc(NC2CCN(C3CC3)C2)c1N. The van der Waals surface area contributed by atoms with E-state index in [4.69, 9.17) is 10.5 Å². The van der Waals surface area contributed by atoms with Crippen LogP contribution in [0.4, 0.5) is 11.5 Å². The van der Waals surface area contributed by atoms with Gasteiger partial charge in [0.15, 0.2) is 5.82 Å². The topological polar surface area (TPSA) is 76.3 Å². The maximum Gasteiger partial charge on any atom is 0.242 e. The van der Waals surface area contributed by atoms with Crippen molar-refractivity contribution in [3.8, 4) is 5.88 Å². The van der Waals surface area contributed by atoms with Gasteiger partial charge >= 0.3 is 0 Å². The number of aromatic nitrogens is 2. The summed E-state index contributed by atoms with van der Waals surface area (Å²) in [4.78, 5) is 10.9. The lowest BCUT2D eigenvalue weighted by molar-refractivity contribution is 0.234. The summed E-state index contributed by atoms with van der Waals surface area (Å²) in [6.45, 7) is 6.16. The molecule has 1 unspecified atom stereocenters. The molecule has 3 N–H and O–H groups in total. The average Bonchev–Trinajstić information content (AvgIpc) is 3.15. The predicted octanol–water partition coefficient (Wildman–Crippen LogP) is 1.49. The van der Waals surface area contributed by atoms with E-state index in [2.05, 4.69) is 20.2 Å². The summed E-state index contributed by atoms with van der Waals surface area (Å²) in [6.07, 6.45) is 5.41. The van der Waals surface area contributed by atoms with E-state index in [1.807, 2.05) is 13.8 Å². The van der Waals surface area contributed by atoms with Crippen LogP contribution in [0.2, 0.25) is 0 Å². The first-order chi connectivity index (χ1) is 9.63. The lowest BCUT2D eigenvalue weighted by atomic mass is 10.2. The van der Waals surface area contributed by atoms with Gasteiger partial charge in [-0.15, -0.1) is 0 Å². The molecule has 6 nitrogen and oxygen atoms in total. The third-order valence-corrected chi connectivity index (χ3v) is 3.82. The number of anilines is 2. The predicted molar refractivity (Wildman–Crippen MR) is 78.8 cm³/mol. The van der Waals surface area contributed by atoms with Crippen LogP contribution in [0.15, 0.2) is 6.33 Å². The zero-order chi connectivity index (χ0) is 14.1. The highest BCUT2D eigenvalue weighted by Crippen LogP contribution is 2.32. The normalized spacial score (nSPS) is 23.2. The highest BCUT2D eigenvalue weighted by atomic mass is 16.5. The molecule has 0 spiro atoms. The molecular weight excluding hydrogens is 254 g/mol. The molecule has 1 saturated carbocycles. The van der Waals surface area contributed by atoms with Crippen LogP contribution in [0.25, 0.3) is 0 Å². The van der Waals surface area contributed by atoms with Crippen LogP contribution in [0.5, 0.6) is 5.88 Å². The first-order valence-corrected chi connectivity index (χ1v) is 7.41. The maximum absolute atomic E-state index is 6.09. The van der Waals surface area contributed by atoms with Crippen LogP contribution in [-0.2, 0) is 0 Å². The van der Waals surface area contributed by atoms with Crippen molar-refractivity contribution in [2.45, 2.75) is 51.3 Å². The molecule has 1 aliphatic carbocycles. The van der Waals surface area contributed by atoms with Gasteiger partial charge in [0.25, 0.3) is 0 Å². The summed E-state index contributed by atoms with van der Waals surface area (Å²) in [6, 6.07) is 1.24. The molecule has 1 aromatic heterocycles. The molecule has 2 heterocycles. The second kappa shape index (κ2) is 5.44. The van der Waals surface area contributed by atoms with E-state index < -0.39 is 0 Å². The molecule has 1 saturated heterocycles. The molecule has 6 heteroatoms. The first kappa shape index (κ1) is 13.4. The van der Waals surface area contributed by atoms with Crippen molar-refractivity contribution in [3.05, 3.63) is 6.33 Å². The van der Waals surface area contributed by atoms with Crippen LogP contribution in [0, 0.1) is 0 Å². The number of likely N-dealkylation sites (tertiary alicyclic amines) is 1. The van der Waals surface area contributed by atoms with E-state index in [0.29, 0.717) is 23.4 Å². The Morgan fingerprint density at radius 1 is 1.35 bits per heavy atom. The summed E-state index contributed by atoms with van der Waals surface area (Å²) in [5, 5.41) is 3.44. The van der Waals surface area contributed by atoms with E-state index in [1.165, 1.54) is 25.7 Å². The van der Waals surface area contributed by atoms with E-state index in [1.54, 1.807) is 0 Å². The van der Waals surface area contributed by atoms with E-state index in [0.717, 1.165) is 19.0 Å². The number of rotatable bonds is 5. The Kier molecular flexibility index (Phi) is 3.65. The molecule has 0 radical (unpaired) electrons. The van der Waals surface area contributed by atoms with Gasteiger partial charge in [0.2, 0.25) is 5.88 Å². The molecular formula is C14H23N5O. The van der Waals surface area contributed by atoms with Gasteiger partial charge in [-0.05, 0) is 33.1 Å². The van der Waals surface area contributed by atoms with Gasteiger partial charge < -0.3 is 15.8 Å². The van der Waals surface area contributed by atoms with Crippen LogP contribution in [0.1, 0.15) is 33.1 Å². The molecule has 20 heavy (non-hydrogen) atoms. The van der Waals surface area contributed by atoms with E-state index in [-0.39, 0.29) is 6.10 Å². The number of nitrogen functional groups attached to an aromatic ring is 1. The summed E-state index contributed by atoms with van der Waals surface area (Å²) in [7, 11) is 0. The number of hydrogen-bond donors (Lipinski definition) is 2. The van der Waals surface area contributed by atoms with Crippen LogP contribution >= 0.6 is 0 Å². The quantitative estimate of drug-likeness (QED) is 0.849. The molecule has 0 aromatic carbocycles. The number of nitrogens with one attached hydrogen (secondary N) is 1. The summed E-state index contributed by atoms with van der Waals surface area (Å²) in [5.41, 5.74) is 6.60. The van der Waals surface area contributed by atoms with Gasteiger partial charge in [-0.2, -0.15) is 4.98 Å². The Morgan fingerprint density at radius 2 is 2.15 bits per heavy atom. The molecule has 1 atom stereocenters. The Bertz CT molecular complexity index is 475. The largest absolute Gasteiger partial charge is 0.473 e. The zero-order valence-electron chi connectivity index (χ0n) is 12.2. The Morgan fingerprint density at radius 3 is 2.85 bits per heavy atom. The van der Waals surface area contributed by atoms with Gasteiger partial charge in [-0.3, -0.25) is 4.90 Å². The van der Waals surface area contributed by atoms with E-state index >= 15 is 0 Å². The highest BCUT2D eigenvalue weighted by Gasteiger charge is 2.34. The van der Waals surface area contributed by atoms with Gasteiger partial charge in [0.1, 0.15) is 12.0 Å². The van der Waals surface area contributed by atoms with Crippen molar-refractivity contribution >= 4 is 11.5 Å². The minimum absolute atomic E-state index is 0.0527. The van der Waals surface area contributed by atoms with Crippen LogP contribution in [-0.4, -0.2) is 46.1 Å². The summed E-state index contributed by atoms with van der Waals surface area (Å²) >= 11 is 0. The highest BCUT2D eigenvalue weighted by molar-refractivity contribution is 5.66. The number of hydrogen-bond acceptors (Lipinski definition) is 6. The Labute approximate surface area is 119 Å². The minimum Gasteiger partial charge on any atom is -0.473 e. The number of nitrogens with zero attached hydrogens (tertiary/aromatic N) is 3. The molecule has 2 fully saturated rings. The average molecular weight is 277 g/mol. The number of nitrogens with two attached hydrogens (primary N) is 1. The first-order valence-electron chi connectivity index (χ1n) is 7.41. The lowest BCUT2D eigenvalue weighted by Gasteiger charge is -2.18. The van der Waals surface area contributed by atoms with Gasteiger partial charge in [0, 0.05) is 25.2 Å². The smallest absolute Gasteiger partial charge is 0.242 e. The van der Waals surface area contributed by atoms with Crippen molar-refractivity contribution in [1.29, 1.82) is 0 Å². The number of ether oxygens (including phenoxy) is 1. The summed E-state index contributed by atoms with van der Waals surface area (Å²) in [5.74, 6) is 1.16. The Hall–Kier alpha value is -1.56. The van der Waals surface area contributed by atoms with Crippen molar-refractivity contribution in [2.75, 3.05) is 24.1 Å². The molecule has 0 amide bonds. The van der Waals surface area contributed by atoms with Crippen molar-refractivity contribution in [1.82, 2.24) is 14.9 Å². The third-order valence-electron chi connectivity index (χ3n) is 3.82. The van der Waals surface area contributed by atoms with Crippen LogP contribution in [0.3, 0.4) is 0 Å². The van der Waals surface area contributed by atoms with Gasteiger partial charge in [-0.25, -0.2) is 4.98 Å². The van der Waals surface area contributed by atoms with Crippen molar-refractivity contribution in [2.24, 2.45) is 0 Å². The Balaban J connectivity index is 1.65. The summed E-state index contributed by atoms with van der Waals surface area (Å²) < 4.78 is 5.59. The third kappa shape index (κ3) is 2.95. The molecule has 1 aliphatic heterocycles. The molecule has 3 rings (SSSR count). The molecule has 2 aliphatic rings. The second-order valence-electron chi connectivity index (χ2n) is 5.96. The monoisotopic (exact) mass is 277 g/mol. The molecule has 0 bridgehead atoms. The second-order valence-corrected chi connectivity index (χ2v) is 5.96. The molecule has 110 valence electrons.